The van der Waals surface area contributed by atoms with E-state index in [1.54, 1.807) is 42.5 Å². The second-order valence-electron chi connectivity index (χ2n) is 5.60. The van der Waals surface area contributed by atoms with Gasteiger partial charge in [0.1, 0.15) is 25.6 Å². The smallest absolute Gasteiger partial charge is 0.255 e. The van der Waals surface area contributed by atoms with Crippen molar-refractivity contribution in [1.82, 2.24) is 0 Å². The lowest BCUT2D eigenvalue weighted by Gasteiger charge is -2.19. The molecule has 3 rings (SSSR count). The molecule has 2 aromatic rings. The van der Waals surface area contributed by atoms with Crippen LogP contribution in [-0.4, -0.2) is 32.3 Å². The van der Waals surface area contributed by atoms with Gasteiger partial charge in [-0.3, -0.25) is 4.79 Å². The highest BCUT2D eigenvalue weighted by atomic mass is 19.1. The van der Waals surface area contributed by atoms with Crippen molar-refractivity contribution in [3.63, 3.8) is 0 Å². The fourth-order valence-electron chi connectivity index (χ4n) is 2.34. The van der Waals surface area contributed by atoms with Crippen LogP contribution in [0.5, 0.6) is 17.2 Å². The summed E-state index contributed by atoms with van der Waals surface area (Å²) >= 11 is 0. The number of hydrogen-bond acceptors (Lipinski definition) is 5. The summed E-state index contributed by atoms with van der Waals surface area (Å²) in [5.74, 6) is 1.53. The van der Waals surface area contributed by atoms with Crippen LogP contribution in [-0.2, 0) is 0 Å². The molecule has 0 aliphatic carbocycles. The first kappa shape index (κ1) is 17.8. The molecule has 3 N–H and O–H groups in total. The van der Waals surface area contributed by atoms with Gasteiger partial charge in [-0.25, -0.2) is 4.39 Å². The number of amides is 1. The van der Waals surface area contributed by atoms with Gasteiger partial charge < -0.3 is 25.3 Å². The molecule has 1 aliphatic heterocycles. The van der Waals surface area contributed by atoms with E-state index in [0.29, 0.717) is 53.6 Å². The minimum Gasteiger partial charge on any atom is -0.489 e. The first-order valence-corrected chi connectivity index (χ1v) is 8.11. The fourth-order valence-corrected chi connectivity index (χ4v) is 2.34. The second-order valence-corrected chi connectivity index (χ2v) is 5.60. The van der Waals surface area contributed by atoms with E-state index in [9.17, 15) is 9.18 Å². The van der Waals surface area contributed by atoms with Gasteiger partial charge in [-0.05, 0) is 36.4 Å². The first-order valence-electron chi connectivity index (χ1n) is 8.11. The van der Waals surface area contributed by atoms with E-state index in [0.717, 1.165) is 0 Å². The van der Waals surface area contributed by atoms with Crippen molar-refractivity contribution >= 4 is 11.6 Å². The van der Waals surface area contributed by atoms with Gasteiger partial charge in [0.2, 0.25) is 0 Å². The third kappa shape index (κ3) is 4.31. The monoisotopic (exact) mass is 358 g/mol. The third-order valence-corrected chi connectivity index (χ3v) is 3.76. The number of benzene rings is 2. The zero-order valence-electron chi connectivity index (χ0n) is 14.0. The van der Waals surface area contributed by atoms with Crippen LogP contribution in [0, 0.1) is 0 Å². The van der Waals surface area contributed by atoms with Crippen molar-refractivity contribution in [3.05, 3.63) is 59.9 Å². The van der Waals surface area contributed by atoms with Crippen LogP contribution in [0.1, 0.15) is 10.4 Å². The molecule has 0 unspecified atom stereocenters. The molecule has 1 amide bonds. The second kappa shape index (κ2) is 8.35. The predicted molar refractivity (Wildman–Crippen MR) is 95.6 cm³/mol. The van der Waals surface area contributed by atoms with Crippen molar-refractivity contribution < 1.29 is 23.4 Å². The molecule has 6 nitrogen and oxygen atoms in total. The highest BCUT2D eigenvalue weighted by molar-refractivity contribution is 6.04. The SMILES string of the molecule is NC/C(=C\F)COc1ccc(C(=O)Nc2ccc3c(c2)OCCO3)cc1. The molecule has 7 heteroatoms. The summed E-state index contributed by atoms with van der Waals surface area (Å²) in [6.45, 7) is 1.15. The molecule has 0 fully saturated rings. The van der Waals surface area contributed by atoms with E-state index in [2.05, 4.69) is 5.32 Å². The third-order valence-electron chi connectivity index (χ3n) is 3.76. The van der Waals surface area contributed by atoms with Gasteiger partial charge in [-0.15, -0.1) is 0 Å². The van der Waals surface area contributed by atoms with Gasteiger partial charge in [0.05, 0.1) is 6.33 Å². The van der Waals surface area contributed by atoms with Gasteiger partial charge in [0, 0.05) is 29.4 Å². The maximum Gasteiger partial charge on any atom is 0.255 e. The molecule has 1 heterocycles. The molecule has 0 aromatic heterocycles. The Hall–Kier alpha value is -3.06. The fraction of sp³-hybridized carbons (Fsp3) is 0.211. The van der Waals surface area contributed by atoms with E-state index in [1.807, 2.05) is 0 Å². The standard InChI is InChI=1S/C19H19FN2O4/c20-10-13(11-21)12-26-16-4-1-14(2-5-16)19(23)22-15-3-6-17-18(9-15)25-8-7-24-17/h1-6,9-10H,7-8,11-12,21H2,(H,22,23)/b13-10+. The zero-order valence-corrected chi connectivity index (χ0v) is 14.0. The maximum atomic E-state index is 12.5. The number of hydrogen-bond donors (Lipinski definition) is 2. The molecule has 1 aliphatic rings. The average Bonchev–Trinajstić information content (AvgIpc) is 2.69. The summed E-state index contributed by atoms with van der Waals surface area (Å²) in [4.78, 5) is 12.4. The Balaban J connectivity index is 1.61. The Morgan fingerprint density at radius 1 is 1.15 bits per heavy atom. The topological polar surface area (TPSA) is 82.8 Å². The van der Waals surface area contributed by atoms with Gasteiger partial charge in [-0.2, -0.15) is 0 Å². The Kier molecular flexibility index (Phi) is 5.70. The molecular weight excluding hydrogens is 339 g/mol. The van der Waals surface area contributed by atoms with Crippen molar-refractivity contribution in [2.45, 2.75) is 0 Å². The van der Waals surface area contributed by atoms with Crippen molar-refractivity contribution in [2.24, 2.45) is 5.73 Å². The summed E-state index contributed by atoms with van der Waals surface area (Å²) in [6.07, 6.45) is 0.440. The number of anilines is 1. The minimum atomic E-state index is -0.264. The van der Waals surface area contributed by atoms with Crippen LogP contribution in [0.2, 0.25) is 0 Å². The quantitative estimate of drug-likeness (QED) is 0.830. The van der Waals surface area contributed by atoms with E-state index >= 15 is 0 Å². The summed E-state index contributed by atoms with van der Waals surface area (Å²) in [6, 6.07) is 11.8. The molecule has 0 radical (unpaired) electrons. The molecule has 2 aromatic carbocycles. The van der Waals surface area contributed by atoms with Crippen LogP contribution in [0.25, 0.3) is 0 Å². The number of ether oxygens (including phenoxy) is 3. The van der Waals surface area contributed by atoms with E-state index in [1.165, 1.54) is 0 Å². The molecule has 26 heavy (non-hydrogen) atoms. The summed E-state index contributed by atoms with van der Waals surface area (Å²) in [5, 5.41) is 2.81. The number of carbonyl (C=O) groups excluding carboxylic acids is 1. The lowest BCUT2D eigenvalue weighted by atomic mass is 10.2. The number of nitrogens with two attached hydrogens (primary N) is 1. The summed E-state index contributed by atoms with van der Waals surface area (Å²) in [7, 11) is 0. The molecule has 0 atom stereocenters. The first-order chi connectivity index (χ1) is 12.7. The van der Waals surface area contributed by atoms with Crippen LogP contribution in [0.4, 0.5) is 10.1 Å². The lowest BCUT2D eigenvalue weighted by Crippen LogP contribution is -2.16. The molecule has 0 bridgehead atoms. The van der Waals surface area contributed by atoms with Crippen LogP contribution in [0.15, 0.2) is 54.4 Å². The molecule has 0 saturated carbocycles. The van der Waals surface area contributed by atoms with Gasteiger partial charge in [-0.1, -0.05) is 0 Å². The van der Waals surface area contributed by atoms with E-state index < -0.39 is 0 Å². The number of nitrogens with one attached hydrogen (secondary N) is 1. The summed E-state index contributed by atoms with van der Waals surface area (Å²) in [5.41, 5.74) is 6.80. The van der Waals surface area contributed by atoms with Crippen molar-refractivity contribution in [2.75, 3.05) is 31.7 Å². The van der Waals surface area contributed by atoms with Crippen molar-refractivity contribution in [1.29, 1.82) is 0 Å². The Morgan fingerprint density at radius 3 is 2.58 bits per heavy atom. The number of rotatable bonds is 6. The number of halogens is 1. The molecular formula is C19H19FN2O4. The van der Waals surface area contributed by atoms with Crippen molar-refractivity contribution in [3.8, 4) is 17.2 Å². The molecule has 0 spiro atoms. The highest BCUT2D eigenvalue weighted by Crippen LogP contribution is 2.32. The van der Waals surface area contributed by atoms with Crippen LogP contribution in [0.3, 0.4) is 0 Å². The Morgan fingerprint density at radius 2 is 1.88 bits per heavy atom. The predicted octanol–water partition coefficient (Wildman–Crippen LogP) is 2.90. The zero-order chi connectivity index (χ0) is 18.4. The Labute approximate surface area is 150 Å². The molecule has 136 valence electrons. The minimum absolute atomic E-state index is 0.0652. The number of fused-ring (bicyclic) bond motifs is 1. The normalized spacial score (nSPS) is 13.2. The Bertz CT molecular complexity index is 806. The maximum absolute atomic E-state index is 12.5. The lowest BCUT2D eigenvalue weighted by molar-refractivity contribution is 0.102. The average molecular weight is 358 g/mol. The van der Waals surface area contributed by atoms with Gasteiger partial charge in [0.25, 0.3) is 5.91 Å². The number of carbonyl (C=O) groups is 1. The molecule has 0 saturated heterocycles. The van der Waals surface area contributed by atoms with Crippen LogP contribution < -0.4 is 25.3 Å². The largest absolute Gasteiger partial charge is 0.489 e. The summed E-state index contributed by atoms with van der Waals surface area (Å²) < 4.78 is 28.8. The van der Waals surface area contributed by atoms with E-state index in [-0.39, 0.29) is 19.1 Å². The van der Waals surface area contributed by atoms with Gasteiger partial charge >= 0.3 is 0 Å². The highest BCUT2D eigenvalue weighted by Gasteiger charge is 2.13. The van der Waals surface area contributed by atoms with E-state index in [4.69, 9.17) is 19.9 Å². The van der Waals surface area contributed by atoms with Gasteiger partial charge in [0.15, 0.2) is 11.5 Å². The van der Waals surface area contributed by atoms with Crippen LogP contribution >= 0.6 is 0 Å².